The Morgan fingerprint density at radius 1 is 1.12 bits per heavy atom. The molecule has 1 aromatic carbocycles. The van der Waals surface area contributed by atoms with Crippen molar-refractivity contribution in [2.24, 2.45) is 5.92 Å². The molecule has 1 saturated heterocycles. The van der Waals surface area contributed by atoms with Crippen LogP contribution < -0.4 is 4.74 Å². The van der Waals surface area contributed by atoms with E-state index in [4.69, 9.17) is 14.2 Å². The first-order chi connectivity index (χ1) is 12.2. The van der Waals surface area contributed by atoms with E-state index in [0.29, 0.717) is 12.1 Å². The molecule has 0 unspecified atom stereocenters. The van der Waals surface area contributed by atoms with Gasteiger partial charge < -0.3 is 14.2 Å². The van der Waals surface area contributed by atoms with E-state index >= 15 is 0 Å². The Hall–Kier alpha value is -1.10. The van der Waals surface area contributed by atoms with Crippen LogP contribution in [0, 0.1) is 5.92 Å². The van der Waals surface area contributed by atoms with Crippen LogP contribution in [0.5, 0.6) is 5.75 Å². The summed E-state index contributed by atoms with van der Waals surface area (Å²) in [6, 6.07) is 8.81. The minimum atomic E-state index is 0.0153. The van der Waals surface area contributed by atoms with Crippen molar-refractivity contribution in [2.75, 3.05) is 27.4 Å². The maximum absolute atomic E-state index is 6.24. The molecule has 4 nitrogen and oxygen atoms in total. The summed E-state index contributed by atoms with van der Waals surface area (Å²) in [5.41, 5.74) is 1.28. The van der Waals surface area contributed by atoms with Crippen molar-refractivity contribution in [1.29, 1.82) is 0 Å². The molecule has 3 aliphatic rings. The van der Waals surface area contributed by atoms with Gasteiger partial charge in [0.2, 0.25) is 0 Å². The molecule has 1 aliphatic heterocycles. The molecule has 138 valence electrons. The Morgan fingerprint density at radius 2 is 1.96 bits per heavy atom. The van der Waals surface area contributed by atoms with Crippen molar-refractivity contribution < 1.29 is 14.2 Å². The van der Waals surface area contributed by atoms with Gasteiger partial charge in [0.15, 0.2) is 0 Å². The molecule has 4 heteroatoms. The van der Waals surface area contributed by atoms with E-state index in [0.717, 1.165) is 57.0 Å². The molecule has 0 N–H and O–H groups in total. The minimum absolute atomic E-state index is 0.0153. The molecule has 1 heterocycles. The zero-order chi connectivity index (χ0) is 17.3. The van der Waals surface area contributed by atoms with Crippen LogP contribution >= 0.6 is 0 Å². The second kappa shape index (κ2) is 7.26. The van der Waals surface area contributed by atoms with Crippen molar-refractivity contribution in [3.8, 4) is 5.75 Å². The fourth-order valence-corrected chi connectivity index (χ4v) is 4.71. The lowest BCUT2D eigenvalue weighted by molar-refractivity contribution is -0.103. The van der Waals surface area contributed by atoms with Gasteiger partial charge in [0.1, 0.15) is 5.75 Å². The van der Waals surface area contributed by atoms with E-state index in [9.17, 15) is 0 Å². The van der Waals surface area contributed by atoms with Gasteiger partial charge in [-0.15, -0.1) is 0 Å². The second-order valence-electron chi connectivity index (χ2n) is 7.99. The van der Waals surface area contributed by atoms with E-state index in [1.165, 1.54) is 18.4 Å². The third-order valence-electron chi connectivity index (χ3n) is 6.48. The molecule has 25 heavy (non-hydrogen) atoms. The van der Waals surface area contributed by atoms with E-state index in [1.807, 2.05) is 13.2 Å². The first kappa shape index (κ1) is 17.3. The number of methoxy groups -OCH3 is 2. The molecule has 0 amide bonds. The van der Waals surface area contributed by atoms with Crippen molar-refractivity contribution >= 4 is 0 Å². The summed E-state index contributed by atoms with van der Waals surface area (Å²) >= 11 is 0. The Balaban J connectivity index is 1.46. The average Bonchev–Trinajstić information content (AvgIpc) is 3.42. The van der Waals surface area contributed by atoms with Crippen molar-refractivity contribution in [3.63, 3.8) is 0 Å². The maximum atomic E-state index is 6.24. The molecule has 2 saturated carbocycles. The van der Waals surface area contributed by atoms with Crippen molar-refractivity contribution in [1.82, 2.24) is 4.90 Å². The smallest absolute Gasteiger partial charge is 0.123 e. The molecular formula is C21H31NO3. The van der Waals surface area contributed by atoms with Gasteiger partial charge in [0.05, 0.1) is 18.8 Å². The quantitative estimate of drug-likeness (QED) is 0.755. The predicted octanol–water partition coefficient (Wildman–Crippen LogP) is 3.63. The van der Waals surface area contributed by atoms with E-state index in [1.54, 1.807) is 7.11 Å². The normalized spacial score (nSPS) is 32.6. The zero-order valence-electron chi connectivity index (χ0n) is 15.6. The van der Waals surface area contributed by atoms with Gasteiger partial charge >= 0.3 is 0 Å². The summed E-state index contributed by atoms with van der Waals surface area (Å²) in [6.45, 7) is 2.98. The van der Waals surface area contributed by atoms with Gasteiger partial charge in [-0.3, -0.25) is 4.90 Å². The van der Waals surface area contributed by atoms with Gasteiger partial charge in [-0.2, -0.15) is 0 Å². The highest BCUT2D eigenvalue weighted by Crippen LogP contribution is 2.44. The monoisotopic (exact) mass is 345 g/mol. The first-order valence-electron chi connectivity index (χ1n) is 9.77. The SMILES string of the molecule is COc1ccccc1CN1CC[C@@]2(OC)CC[C@@H](OCC3CC3)C[C@@H]12. The number of likely N-dealkylation sites (tertiary alicyclic amines) is 1. The lowest BCUT2D eigenvalue weighted by atomic mass is 9.79. The number of fused-ring (bicyclic) bond motifs is 1. The van der Waals surface area contributed by atoms with E-state index < -0.39 is 0 Å². The topological polar surface area (TPSA) is 30.9 Å². The fourth-order valence-electron chi connectivity index (χ4n) is 4.71. The third kappa shape index (κ3) is 3.57. The highest BCUT2D eigenvalue weighted by atomic mass is 16.5. The van der Waals surface area contributed by atoms with Gasteiger partial charge in [-0.1, -0.05) is 18.2 Å². The van der Waals surface area contributed by atoms with Gasteiger partial charge in [0, 0.05) is 38.4 Å². The van der Waals surface area contributed by atoms with Crippen molar-refractivity contribution in [2.45, 2.75) is 62.8 Å². The minimum Gasteiger partial charge on any atom is -0.496 e. The summed E-state index contributed by atoms with van der Waals surface area (Å²) in [4.78, 5) is 2.59. The largest absolute Gasteiger partial charge is 0.496 e. The number of nitrogens with zero attached hydrogens (tertiary/aromatic N) is 1. The molecule has 2 aliphatic carbocycles. The van der Waals surface area contributed by atoms with Crippen LogP contribution in [-0.2, 0) is 16.0 Å². The van der Waals surface area contributed by atoms with Crippen LogP contribution in [0.4, 0.5) is 0 Å². The van der Waals surface area contributed by atoms with Gasteiger partial charge in [-0.25, -0.2) is 0 Å². The summed E-state index contributed by atoms with van der Waals surface area (Å²) < 4.78 is 17.9. The highest BCUT2D eigenvalue weighted by Gasteiger charge is 2.51. The molecule has 0 bridgehead atoms. The van der Waals surface area contributed by atoms with Gasteiger partial charge in [0.25, 0.3) is 0 Å². The molecule has 4 rings (SSSR count). The summed E-state index contributed by atoms with van der Waals surface area (Å²) in [7, 11) is 3.65. The standard InChI is InChI=1S/C21H31NO3/c1-23-19-6-4-3-5-17(19)14-22-12-11-21(24-2)10-9-18(13-20(21)22)25-15-16-7-8-16/h3-6,16,18,20H,7-15H2,1-2H3/t18-,20-,21+/m1/s1. The third-order valence-corrected chi connectivity index (χ3v) is 6.48. The Kier molecular flexibility index (Phi) is 5.03. The fraction of sp³-hybridized carbons (Fsp3) is 0.714. The molecule has 1 aromatic rings. The highest BCUT2D eigenvalue weighted by molar-refractivity contribution is 5.33. The maximum Gasteiger partial charge on any atom is 0.123 e. The van der Waals surface area contributed by atoms with Crippen LogP contribution in [-0.4, -0.2) is 50.0 Å². The second-order valence-corrected chi connectivity index (χ2v) is 7.99. The summed E-state index contributed by atoms with van der Waals surface area (Å²) in [5, 5.41) is 0. The Labute approximate surface area is 151 Å². The number of hydrogen-bond donors (Lipinski definition) is 0. The number of rotatable bonds is 7. The Bertz CT molecular complexity index is 588. The summed E-state index contributed by atoms with van der Waals surface area (Å²) in [5.74, 6) is 1.82. The molecule has 0 aromatic heterocycles. The van der Waals surface area contributed by atoms with E-state index in [2.05, 4.69) is 23.1 Å². The molecular weight excluding hydrogens is 314 g/mol. The first-order valence-corrected chi connectivity index (χ1v) is 9.77. The van der Waals surface area contributed by atoms with Crippen LogP contribution in [0.15, 0.2) is 24.3 Å². The van der Waals surface area contributed by atoms with Crippen LogP contribution in [0.3, 0.4) is 0 Å². The number of hydrogen-bond acceptors (Lipinski definition) is 4. The zero-order valence-corrected chi connectivity index (χ0v) is 15.6. The van der Waals surface area contributed by atoms with Crippen LogP contribution in [0.25, 0.3) is 0 Å². The van der Waals surface area contributed by atoms with E-state index in [-0.39, 0.29) is 5.60 Å². The van der Waals surface area contributed by atoms with Crippen LogP contribution in [0.2, 0.25) is 0 Å². The number of para-hydroxylation sites is 1. The molecule has 3 atom stereocenters. The van der Waals surface area contributed by atoms with Crippen molar-refractivity contribution in [3.05, 3.63) is 29.8 Å². The average molecular weight is 345 g/mol. The lowest BCUT2D eigenvalue weighted by Crippen LogP contribution is -2.51. The summed E-state index contributed by atoms with van der Waals surface area (Å²) in [6.07, 6.45) is 7.59. The van der Waals surface area contributed by atoms with Gasteiger partial charge in [-0.05, 0) is 50.5 Å². The lowest BCUT2D eigenvalue weighted by Gasteiger charge is -2.43. The van der Waals surface area contributed by atoms with Crippen LogP contribution in [0.1, 0.15) is 44.1 Å². The molecule has 3 fully saturated rings. The Morgan fingerprint density at radius 3 is 2.72 bits per heavy atom. The predicted molar refractivity (Wildman–Crippen MR) is 97.9 cm³/mol. The number of benzene rings is 1. The number of ether oxygens (including phenoxy) is 3. The molecule has 0 spiro atoms. The molecule has 0 radical (unpaired) electrons.